The molecule has 3 rings (SSSR count). The maximum Gasteiger partial charge on any atom is 0.338 e. The smallest absolute Gasteiger partial charge is 0.336 e. The van der Waals surface area contributed by atoms with Crippen molar-refractivity contribution in [2.24, 2.45) is 5.92 Å². The molecule has 1 amide bonds. The molecule has 0 aromatic carbocycles. The molecule has 1 fully saturated rings. The number of fused-ring (bicyclic) bond motifs is 1. The van der Waals surface area contributed by atoms with Crippen molar-refractivity contribution in [3.05, 3.63) is 28.7 Å². The highest BCUT2D eigenvalue weighted by Gasteiger charge is 2.17. The van der Waals surface area contributed by atoms with E-state index in [0.29, 0.717) is 22.7 Å². The molecule has 2 aromatic heterocycles. The molecule has 0 atom stereocenters. The van der Waals surface area contributed by atoms with Gasteiger partial charge in [-0.15, -0.1) is 0 Å². The van der Waals surface area contributed by atoms with Crippen LogP contribution in [0.3, 0.4) is 0 Å². The van der Waals surface area contributed by atoms with Gasteiger partial charge in [0, 0.05) is 12.7 Å². The first-order chi connectivity index (χ1) is 9.75. The second-order valence-corrected chi connectivity index (χ2v) is 6.17. The van der Waals surface area contributed by atoms with Gasteiger partial charge in [-0.3, -0.25) is 4.79 Å². The fraction of sp³-hybridized carbons (Fsp3) is 0.500. The monoisotopic (exact) mass is 291 g/mol. The number of hydrogen-bond acceptors (Lipinski definition) is 4. The van der Waals surface area contributed by atoms with Crippen LogP contribution in [0.4, 0.5) is 4.79 Å². The molecule has 2 heterocycles. The van der Waals surface area contributed by atoms with Crippen molar-refractivity contribution in [3.63, 3.8) is 0 Å². The summed E-state index contributed by atoms with van der Waals surface area (Å²) >= 11 is 1.10. The summed E-state index contributed by atoms with van der Waals surface area (Å²) in [6.07, 6.45) is 7.75. The Morgan fingerprint density at radius 1 is 1.40 bits per heavy atom. The number of nitrogens with one attached hydrogen (secondary N) is 1. The van der Waals surface area contributed by atoms with Crippen LogP contribution in [0, 0.1) is 5.92 Å². The van der Waals surface area contributed by atoms with Gasteiger partial charge >= 0.3 is 6.03 Å². The predicted molar refractivity (Wildman–Crippen MR) is 79.3 cm³/mol. The number of nitrogens with zero attached hydrogens (tertiary/aromatic N) is 2. The van der Waals surface area contributed by atoms with E-state index in [2.05, 4.69) is 10.3 Å². The van der Waals surface area contributed by atoms with Crippen molar-refractivity contribution < 1.29 is 4.79 Å². The summed E-state index contributed by atoms with van der Waals surface area (Å²) in [6, 6.07) is 3.08. The summed E-state index contributed by atoms with van der Waals surface area (Å²) in [5.41, 5.74) is -0.278. The van der Waals surface area contributed by atoms with E-state index in [4.69, 9.17) is 0 Å². The van der Waals surface area contributed by atoms with E-state index in [1.807, 2.05) is 0 Å². The lowest BCUT2D eigenvalue weighted by molar-refractivity contribution is 0.239. The standard InChI is InChI=1S/C14H17N3O2S/c18-13-11-7-4-8-15-12(11)20-17(13)14(19)16-9-10-5-2-1-3-6-10/h4,7-8,10H,1-3,5-6,9H2,(H,16,19). The van der Waals surface area contributed by atoms with Crippen LogP contribution in [0.1, 0.15) is 32.1 Å². The molecule has 1 saturated carbocycles. The summed E-state index contributed by atoms with van der Waals surface area (Å²) in [7, 11) is 0. The molecule has 0 saturated heterocycles. The minimum atomic E-state index is -0.330. The number of rotatable bonds is 2. The minimum Gasteiger partial charge on any atom is -0.336 e. The predicted octanol–water partition coefficient (Wildman–Crippen LogP) is 2.60. The third-order valence-corrected chi connectivity index (χ3v) is 4.83. The molecule has 0 unspecified atom stereocenters. The van der Waals surface area contributed by atoms with Crippen molar-refractivity contribution >= 4 is 27.8 Å². The molecule has 20 heavy (non-hydrogen) atoms. The Labute approximate surface area is 120 Å². The fourth-order valence-corrected chi connectivity index (χ4v) is 3.56. The van der Waals surface area contributed by atoms with Crippen molar-refractivity contribution in [2.45, 2.75) is 32.1 Å². The Hall–Kier alpha value is -1.69. The number of hydrogen-bond donors (Lipinski definition) is 1. The lowest BCUT2D eigenvalue weighted by Crippen LogP contribution is -2.36. The van der Waals surface area contributed by atoms with Gasteiger partial charge in [0.2, 0.25) is 0 Å². The molecule has 1 aliphatic carbocycles. The van der Waals surface area contributed by atoms with Crippen LogP contribution in [0.5, 0.6) is 0 Å². The van der Waals surface area contributed by atoms with E-state index >= 15 is 0 Å². The molecule has 0 spiro atoms. The molecule has 6 heteroatoms. The summed E-state index contributed by atoms with van der Waals surface area (Å²) in [4.78, 5) is 28.9. The average molecular weight is 291 g/mol. The molecule has 1 aliphatic rings. The Morgan fingerprint density at radius 3 is 2.95 bits per heavy atom. The number of aromatic nitrogens is 2. The van der Waals surface area contributed by atoms with Gasteiger partial charge < -0.3 is 5.32 Å². The topological polar surface area (TPSA) is 64.0 Å². The van der Waals surface area contributed by atoms with E-state index in [9.17, 15) is 9.59 Å². The Balaban J connectivity index is 1.72. The second kappa shape index (κ2) is 5.75. The van der Waals surface area contributed by atoms with E-state index in [1.54, 1.807) is 18.3 Å². The highest BCUT2D eigenvalue weighted by atomic mass is 32.1. The van der Waals surface area contributed by atoms with E-state index < -0.39 is 0 Å². The van der Waals surface area contributed by atoms with E-state index in [0.717, 1.165) is 11.5 Å². The van der Waals surface area contributed by atoms with Gasteiger partial charge in [0.25, 0.3) is 5.56 Å². The van der Waals surface area contributed by atoms with Crippen LogP contribution < -0.4 is 10.9 Å². The number of pyridine rings is 1. The van der Waals surface area contributed by atoms with Crippen LogP contribution in [0.25, 0.3) is 10.2 Å². The van der Waals surface area contributed by atoms with E-state index in [-0.39, 0.29) is 11.6 Å². The zero-order valence-electron chi connectivity index (χ0n) is 11.2. The largest absolute Gasteiger partial charge is 0.338 e. The van der Waals surface area contributed by atoms with Gasteiger partial charge in [-0.25, -0.2) is 9.78 Å². The molecular weight excluding hydrogens is 274 g/mol. The lowest BCUT2D eigenvalue weighted by atomic mass is 9.89. The molecule has 1 N–H and O–H groups in total. The van der Waals surface area contributed by atoms with Gasteiger partial charge in [-0.05, 0) is 42.4 Å². The van der Waals surface area contributed by atoms with Gasteiger partial charge in [0.15, 0.2) is 0 Å². The Morgan fingerprint density at radius 2 is 2.20 bits per heavy atom. The second-order valence-electron chi connectivity index (χ2n) is 5.24. The minimum absolute atomic E-state index is 0.278. The van der Waals surface area contributed by atoms with Crippen LogP contribution in [0.15, 0.2) is 23.1 Å². The van der Waals surface area contributed by atoms with E-state index in [1.165, 1.54) is 36.1 Å². The SMILES string of the molecule is O=C(NCC1CCCCC1)n1sc2ncccc2c1=O. The third-order valence-electron chi connectivity index (χ3n) is 3.81. The van der Waals surface area contributed by atoms with Crippen LogP contribution in [-0.4, -0.2) is 21.5 Å². The van der Waals surface area contributed by atoms with Gasteiger partial charge in [0.05, 0.1) is 5.39 Å². The van der Waals surface area contributed by atoms with Gasteiger partial charge in [0.1, 0.15) is 4.83 Å². The molecule has 0 bridgehead atoms. The maximum atomic E-state index is 12.1. The fourth-order valence-electron chi connectivity index (χ4n) is 2.69. The molecular formula is C14H17N3O2S. The van der Waals surface area contributed by atoms with Crippen molar-refractivity contribution in [3.8, 4) is 0 Å². The highest BCUT2D eigenvalue weighted by Crippen LogP contribution is 2.22. The van der Waals surface area contributed by atoms with Gasteiger partial charge in [-0.1, -0.05) is 19.3 Å². The van der Waals surface area contributed by atoms with Crippen LogP contribution in [0.2, 0.25) is 0 Å². The van der Waals surface area contributed by atoms with Gasteiger partial charge in [-0.2, -0.15) is 3.96 Å². The Bertz CT molecular complexity index is 670. The van der Waals surface area contributed by atoms with Crippen LogP contribution >= 0.6 is 11.5 Å². The molecule has 0 aliphatic heterocycles. The highest BCUT2D eigenvalue weighted by molar-refractivity contribution is 7.14. The normalized spacial score (nSPS) is 16.4. The summed E-state index contributed by atoms with van der Waals surface area (Å²) in [5, 5.41) is 3.38. The van der Waals surface area contributed by atoms with Crippen molar-refractivity contribution in [2.75, 3.05) is 6.54 Å². The maximum absolute atomic E-state index is 12.1. The summed E-state index contributed by atoms with van der Waals surface area (Å²) in [5.74, 6) is 0.552. The first-order valence-corrected chi connectivity index (χ1v) is 7.78. The molecule has 5 nitrogen and oxygen atoms in total. The summed E-state index contributed by atoms with van der Waals surface area (Å²) in [6.45, 7) is 0.660. The van der Waals surface area contributed by atoms with Crippen molar-refractivity contribution in [1.82, 2.24) is 14.3 Å². The molecule has 106 valence electrons. The van der Waals surface area contributed by atoms with Crippen LogP contribution in [-0.2, 0) is 0 Å². The lowest BCUT2D eigenvalue weighted by Gasteiger charge is -2.21. The number of carbonyl (C=O) groups is 1. The summed E-state index contributed by atoms with van der Waals surface area (Å²) < 4.78 is 1.17. The molecule has 2 aromatic rings. The first-order valence-electron chi connectivity index (χ1n) is 7.01. The zero-order valence-corrected chi connectivity index (χ0v) is 12.0. The molecule has 0 radical (unpaired) electrons. The third kappa shape index (κ3) is 2.60. The Kier molecular flexibility index (Phi) is 3.82. The van der Waals surface area contributed by atoms with Crippen molar-refractivity contribution in [1.29, 1.82) is 0 Å². The zero-order chi connectivity index (χ0) is 13.9. The average Bonchev–Trinajstić information content (AvgIpc) is 2.84. The quantitative estimate of drug-likeness (QED) is 0.925. The number of amides is 1. The number of carbonyl (C=O) groups excluding carboxylic acids is 1. The first kappa shape index (κ1) is 13.3.